The van der Waals surface area contributed by atoms with Crippen LogP contribution in [0.5, 0.6) is 0 Å². The van der Waals surface area contributed by atoms with Gasteiger partial charge < -0.3 is 9.64 Å². The van der Waals surface area contributed by atoms with Gasteiger partial charge in [-0.15, -0.1) is 0 Å². The Morgan fingerprint density at radius 1 is 1.53 bits per heavy atom. The first kappa shape index (κ1) is 12.3. The number of hydrogen-bond acceptors (Lipinski definition) is 5. The fourth-order valence-corrected chi connectivity index (χ4v) is 2.22. The van der Waals surface area contributed by atoms with E-state index in [4.69, 9.17) is 9.88 Å². The Hall–Kier alpha value is -1.18. The highest BCUT2D eigenvalue weighted by Gasteiger charge is 2.21. The topological polar surface area (TPSA) is 85.5 Å². The molecular formula is C10H15N3O3S. The lowest BCUT2D eigenvalue weighted by Gasteiger charge is -2.24. The predicted octanol–water partition coefficient (Wildman–Crippen LogP) is -0.0459. The quantitative estimate of drug-likeness (QED) is 0.820. The van der Waals surface area contributed by atoms with Crippen molar-refractivity contribution in [2.45, 2.75) is 17.4 Å². The molecule has 1 aromatic rings. The summed E-state index contributed by atoms with van der Waals surface area (Å²) >= 11 is 0. The first-order valence-electron chi connectivity index (χ1n) is 5.28. The van der Waals surface area contributed by atoms with Crippen molar-refractivity contribution in [2.24, 2.45) is 5.14 Å². The van der Waals surface area contributed by atoms with E-state index in [0.717, 1.165) is 13.0 Å². The Balaban J connectivity index is 2.17. The second-order valence-corrected chi connectivity index (χ2v) is 5.59. The van der Waals surface area contributed by atoms with Gasteiger partial charge >= 0.3 is 0 Å². The number of hydrogen-bond donors (Lipinski definition) is 1. The summed E-state index contributed by atoms with van der Waals surface area (Å²) < 4.78 is 27.4. The summed E-state index contributed by atoms with van der Waals surface area (Å²) in [6, 6.07) is 3.41. The van der Waals surface area contributed by atoms with Gasteiger partial charge in [0, 0.05) is 19.9 Å². The zero-order valence-corrected chi connectivity index (χ0v) is 10.4. The Labute approximate surface area is 100 Å². The van der Waals surface area contributed by atoms with Crippen LogP contribution in [-0.4, -0.2) is 39.7 Å². The average molecular weight is 257 g/mol. The SMILES string of the molecule is CN(c1ccc(S(N)(=O)=O)cn1)C1CCOC1. The summed E-state index contributed by atoms with van der Waals surface area (Å²) in [5.74, 6) is 0.716. The summed E-state index contributed by atoms with van der Waals surface area (Å²) in [7, 11) is -1.76. The monoisotopic (exact) mass is 257 g/mol. The Bertz CT molecular complexity index is 480. The zero-order valence-electron chi connectivity index (χ0n) is 9.54. The molecule has 0 aliphatic carbocycles. The second kappa shape index (κ2) is 4.59. The number of nitrogens with two attached hydrogens (primary N) is 1. The van der Waals surface area contributed by atoms with E-state index < -0.39 is 10.0 Å². The van der Waals surface area contributed by atoms with E-state index >= 15 is 0 Å². The number of pyridine rings is 1. The van der Waals surface area contributed by atoms with Crippen LogP contribution in [0.2, 0.25) is 0 Å². The third kappa shape index (κ3) is 2.74. The highest BCUT2D eigenvalue weighted by atomic mass is 32.2. The molecule has 2 heterocycles. The molecule has 1 saturated heterocycles. The van der Waals surface area contributed by atoms with E-state index in [1.165, 1.54) is 12.3 Å². The lowest BCUT2D eigenvalue weighted by Crippen LogP contribution is -2.32. The molecule has 1 aliphatic heterocycles. The number of anilines is 1. The van der Waals surface area contributed by atoms with Crippen molar-refractivity contribution in [1.29, 1.82) is 0 Å². The Kier molecular flexibility index (Phi) is 3.32. The lowest BCUT2D eigenvalue weighted by molar-refractivity contribution is 0.193. The molecule has 0 bridgehead atoms. The van der Waals surface area contributed by atoms with Gasteiger partial charge in [-0.25, -0.2) is 18.5 Å². The van der Waals surface area contributed by atoms with Crippen molar-refractivity contribution < 1.29 is 13.2 Å². The maximum atomic E-state index is 11.1. The van der Waals surface area contributed by atoms with Crippen LogP contribution in [0.1, 0.15) is 6.42 Å². The minimum absolute atomic E-state index is 0.0253. The molecule has 6 nitrogen and oxygen atoms in total. The van der Waals surface area contributed by atoms with Crippen LogP contribution < -0.4 is 10.0 Å². The van der Waals surface area contributed by atoms with Gasteiger partial charge in [-0.2, -0.15) is 0 Å². The summed E-state index contributed by atoms with van der Waals surface area (Å²) in [5.41, 5.74) is 0. The van der Waals surface area contributed by atoms with E-state index in [2.05, 4.69) is 4.98 Å². The highest BCUT2D eigenvalue weighted by molar-refractivity contribution is 7.89. The number of aromatic nitrogens is 1. The molecule has 0 spiro atoms. The highest BCUT2D eigenvalue weighted by Crippen LogP contribution is 2.18. The maximum absolute atomic E-state index is 11.1. The fourth-order valence-electron chi connectivity index (χ4n) is 1.76. The van der Waals surface area contributed by atoms with Gasteiger partial charge in [-0.1, -0.05) is 0 Å². The van der Waals surface area contributed by atoms with Crippen molar-refractivity contribution in [1.82, 2.24) is 4.98 Å². The standard InChI is InChI=1S/C10H15N3O3S/c1-13(8-4-5-16-7-8)10-3-2-9(6-12-10)17(11,14)15/h2-3,6,8H,4-5,7H2,1H3,(H2,11,14,15). The molecule has 0 amide bonds. The van der Waals surface area contributed by atoms with Gasteiger partial charge in [-0.05, 0) is 18.6 Å². The van der Waals surface area contributed by atoms with Crippen LogP contribution in [0, 0.1) is 0 Å². The number of likely N-dealkylation sites (N-methyl/N-ethyl adjacent to an activating group) is 1. The van der Waals surface area contributed by atoms with Crippen LogP contribution in [-0.2, 0) is 14.8 Å². The van der Waals surface area contributed by atoms with Gasteiger partial charge in [0.25, 0.3) is 0 Å². The van der Waals surface area contributed by atoms with Crippen molar-refractivity contribution in [3.8, 4) is 0 Å². The minimum Gasteiger partial charge on any atom is -0.379 e. The lowest BCUT2D eigenvalue weighted by atomic mass is 10.2. The molecule has 1 aromatic heterocycles. The Morgan fingerprint density at radius 2 is 2.29 bits per heavy atom. The summed E-state index contributed by atoms with van der Waals surface area (Å²) in [4.78, 5) is 6.11. The molecule has 7 heteroatoms. The minimum atomic E-state index is -3.67. The Morgan fingerprint density at radius 3 is 2.76 bits per heavy atom. The molecule has 0 radical (unpaired) electrons. The molecule has 0 saturated carbocycles. The van der Waals surface area contributed by atoms with Crippen molar-refractivity contribution in [3.63, 3.8) is 0 Å². The number of ether oxygens (including phenoxy) is 1. The molecule has 0 aromatic carbocycles. The van der Waals surface area contributed by atoms with Gasteiger partial charge in [0.15, 0.2) is 0 Å². The van der Waals surface area contributed by atoms with Crippen LogP contribution in [0.15, 0.2) is 23.2 Å². The molecule has 1 atom stereocenters. The molecule has 17 heavy (non-hydrogen) atoms. The van der Waals surface area contributed by atoms with Crippen molar-refractivity contribution >= 4 is 15.8 Å². The first-order chi connectivity index (χ1) is 7.98. The number of nitrogens with zero attached hydrogens (tertiary/aromatic N) is 2. The molecule has 1 unspecified atom stereocenters. The average Bonchev–Trinajstić information content (AvgIpc) is 2.80. The molecule has 2 N–H and O–H groups in total. The van der Waals surface area contributed by atoms with E-state index in [1.807, 2.05) is 11.9 Å². The van der Waals surface area contributed by atoms with Crippen LogP contribution in [0.3, 0.4) is 0 Å². The smallest absolute Gasteiger partial charge is 0.239 e. The van der Waals surface area contributed by atoms with E-state index in [0.29, 0.717) is 18.5 Å². The largest absolute Gasteiger partial charge is 0.379 e. The van der Waals surface area contributed by atoms with E-state index in [1.54, 1.807) is 6.07 Å². The second-order valence-electron chi connectivity index (χ2n) is 4.03. The molecule has 94 valence electrons. The van der Waals surface area contributed by atoms with Crippen molar-refractivity contribution in [2.75, 3.05) is 25.2 Å². The third-order valence-electron chi connectivity index (χ3n) is 2.86. The van der Waals surface area contributed by atoms with Crippen LogP contribution in [0.4, 0.5) is 5.82 Å². The molecule has 1 fully saturated rings. The number of rotatable bonds is 3. The number of primary sulfonamides is 1. The fraction of sp³-hybridized carbons (Fsp3) is 0.500. The van der Waals surface area contributed by atoms with Gasteiger partial charge in [0.1, 0.15) is 10.7 Å². The predicted molar refractivity (Wildman–Crippen MR) is 63.2 cm³/mol. The maximum Gasteiger partial charge on any atom is 0.239 e. The summed E-state index contributed by atoms with van der Waals surface area (Å²) in [6.07, 6.45) is 2.23. The zero-order chi connectivity index (χ0) is 12.5. The van der Waals surface area contributed by atoms with Crippen LogP contribution in [0.25, 0.3) is 0 Å². The van der Waals surface area contributed by atoms with Gasteiger partial charge in [0.2, 0.25) is 10.0 Å². The van der Waals surface area contributed by atoms with Crippen LogP contribution >= 0.6 is 0 Å². The third-order valence-corrected chi connectivity index (χ3v) is 3.76. The molecule has 1 aliphatic rings. The van der Waals surface area contributed by atoms with Gasteiger partial charge in [0.05, 0.1) is 12.6 Å². The first-order valence-corrected chi connectivity index (χ1v) is 6.82. The molecular weight excluding hydrogens is 242 g/mol. The van der Waals surface area contributed by atoms with Gasteiger partial charge in [-0.3, -0.25) is 0 Å². The normalized spacial score (nSPS) is 20.5. The van der Waals surface area contributed by atoms with E-state index in [-0.39, 0.29) is 4.90 Å². The number of sulfonamides is 1. The summed E-state index contributed by atoms with van der Waals surface area (Å²) in [6.45, 7) is 1.43. The van der Waals surface area contributed by atoms with Crippen molar-refractivity contribution in [3.05, 3.63) is 18.3 Å². The van der Waals surface area contributed by atoms with E-state index in [9.17, 15) is 8.42 Å². The molecule has 2 rings (SSSR count). The summed E-state index contributed by atoms with van der Waals surface area (Å²) in [5, 5.41) is 5.00.